The van der Waals surface area contributed by atoms with Crippen LogP contribution in [0.1, 0.15) is 26.2 Å². The standard InChI is InChI=1S/C8H15NS/c1-7-3-2-4-8(7)9-5-6-10-8/h7,9H,2-6H2,1H3. The Morgan fingerprint density at radius 1 is 1.60 bits per heavy atom. The highest BCUT2D eigenvalue weighted by molar-refractivity contribution is 8.00. The Labute approximate surface area is 67.0 Å². The molecule has 1 heterocycles. The van der Waals surface area contributed by atoms with E-state index in [4.69, 9.17) is 0 Å². The van der Waals surface area contributed by atoms with Gasteiger partial charge in [0.2, 0.25) is 0 Å². The number of rotatable bonds is 0. The fourth-order valence-corrected chi connectivity index (χ4v) is 3.64. The van der Waals surface area contributed by atoms with Gasteiger partial charge in [-0.2, -0.15) is 0 Å². The van der Waals surface area contributed by atoms with E-state index in [1.807, 2.05) is 0 Å². The van der Waals surface area contributed by atoms with E-state index in [0.717, 1.165) is 5.92 Å². The molecule has 1 aliphatic heterocycles. The van der Waals surface area contributed by atoms with E-state index in [2.05, 4.69) is 24.0 Å². The second-order valence-electron chi connectivity index (χ2n) is 3.46. The summed E-state index contributed by atoms with van der Waals surface area (Å²) in [5, 5.41) is 3.64. The van der Waals surface area contributed by atoms with Gasteiger partial charge in [-0.3, -0.25) is 0 Å². The monoisotopic (exact) mass is 157 g/mol. The summed E-state index contributed by atoms with van der Waals surface area (Å²) in [6.07, 6.45) is 4.26. The van der Waals surface area contributed by atoms with Gasteiger partial charge in [-0.25, -0.2) is 0 Å². The van der Waals surface area contributed by atoms with Crippen LogP contribution in [0.2, 0.25) is 0 Å². The highest BCUT2D eigenvalue weighted by atomic mass is 32.2. The fraction of sp³-hybridized carbons (Fsp3) is 1.00. The minimum absolute atomic E-state index is 0.514. The summed E-state index contributed by atoms with van der Waals surface area (Å²) < 4.78 is 0. The van der Waals surface area contributed by atoms with Crippen LogP contribution in [0.4, 0.5) is 0 Å². The normalized spacial score (nSPS) is 47.1. The van der Waals surface area contributed by atoms with E-state index >= 15 is 0 Å². The summed E-state index contributed by atoms with van der Waals surface area (Å²) in [6, 6.07) is 0. The van der Waals surface area contributed by atoms with Gasteiger partial charge in [0.05, 0.1) is 4.87 Å². The van der Waals surface area contributed by atoms with E-state index in [9.17, 15) is 0 Å². The SMILES string of the molecule is CC1CCCC12NCCS2. The van der Waals surface area contributed by atoms with Gasteiger partial charge in [-0.1, -0.05) is 13.3 Å². The van der Waals surface area contributed by atoms with Gasteiger partial charge in [0.15, 0.2) is 0 Å². The van der Waals surface area contributed by atoms with Crippen LogP contribution < -0.4 is 5.32 Å². The van der Waals surface area contributed by atoms with Crippen LogP contribution in [0.25, 0.3) is 0 Å². The van der Waals surface area contributed by atoms with Crippen LogP contribution in [-0.2, 0) is 0 Å². The molecule has 0 radical (unpaired) electrons. The average molecular weight is 157 g/mol. The van der Waals surface area contributed by atoms with Crippen molar-refractivity contribution in [3.8, 4) is 0 Å². The molecule has 58 valence electrons. The maximum absolute atomic E-state index is 3.64. The summed E-state index contributed by atoms with van der Waals surface area (Å²) >= 11 is 2.15. The first-order valence-electron chi connectivity index (χ1n) is 4.22. The van der Waals surface area contributed by atoms with E-state index in [1.165, 1.54) is 31.6 Å². The summed E-state index contributed by atoms with van der Waals surface area (Å²) in [5.41, 5.74) is 0. The molecule has 0 aromatic heterocycles. The molecule has 1 N–H and O–H groups in total. The van der Waals surface area contributed by atoms with Crippen LogP contribution in [0.3, 0.4) is 0 Å². The highest BCUT2D eigenvalue weighted by Crippen LogP contribution is 2.45. The third-order valence-electron chi connectivity index (χ3n) is 2.87. The Morgan fingerprint density at radius 3 is 3.00 bits per heavy atom. The largest absolute Gasteiger partial charge is 0.302 e. The smallest absolute Gasteiger partial charge is 0.0671 e. The Kier molecular flexibility index (Phi) is 1.69. The number of hydrogen-bond donors (Lipinski definition) is 1. The van der Waals surface area contributed by atoms with Crippen molar-refractivity contribution in [1.82, 2.24) is 5.32 Å². The van der Waals surface area contributed by atoms with Gasteiger partial charge in [-0.05, 0) is 18.8 Å². The van der Waals surface area contributed by atoms with Gasteiger partial charge in [0.25, 0.3) is 0 Å². The van der Waals surface area contributed by atoms with Crippen molar-refractivity contribution in [2.24, 2.45) is 5.92 Å². The summed E-state index contributed by atoms with van der Waals surface area (Å²) in [4.78, 5) is 0.514. The molecule has 0 bridgehead atoms. The van der Waals surface area contributed by atoms with E-state index in [0.29, 0.717) is 4.87 Å². The van der Waals surface area contributed by atoms with Gasteiger partial charge < -0.3 is 5.32 Å². The minimum Gasteiger partial charge on any atom is -0.302 e. The molecule has 2 unspecified atom stereocenters. The molecule has 1 saturated carbocycles. The topological polar surface area (TPSA) is 12.0 Å². The lowest BCUT2D eigenvalue weighted by atomic mass is 10.1. The lowest BCUT2D eigenvalue weighted by Crippen LogP contribution is -2.39. The van der Waals surface area contributed by atoms with Crippen molar-refractivity contribution in [2.75, 3.05) is 12.3 Å². The molecule has 1 aliphatic carbocycles. The molecule has 10 heavy (non-hydrogen) atoms. The van der Waals surface area contributed by atoms with Crippen LogP contribution >= 0.6 is 11.8 Å². The zero-order chi connectivity index (χ0) is 7.03. The first-order chi connectivity index (χ1) is 4.83. The second kappa shape index (κ2) is 2.42. The summed E-state index contributed by atoms with van der Waals surface area (Å²) in [7, 11) is 0. The first kappa shape index (κ1) is 6.99. The van der Waals surface area contributed by atoms with Crippen LogP contribution in [0.15, 0.2) is 0 Å². The van der Waals surface area contributed by atoms with Crippen LogP contribution in [0, 0.1) is 5.92 Å². The third kappa shape index (κ3) is 0.892. The maximum Gasteiger partial charge on any atom is 0.0671 e. The first-order valence-corrected chi connectivity index (χ1v) is 5.21. The van der Waals surface area contributed by atoms with Gasteiger partial charge in [-0.15, -0.1) is 11.8 Å². The molecule has 2 atom stereocenters. The summed E-state index contributed by atoms with van der Waals surface area (Å²) in [6.45, 7) is 3.62. The third-order valence-corrected chi connectivity index (χ3v) is 4.54. The molecule has 2 rings (SSSR count). The molecule has 2 fully saturated rings. The molecule has 2 aliphatic rings. The fourth-order valence-electron chi connectivity index (χ4n) is 2.17. The van der Waals surface area contributed by atoms with Crippen LogP contribution in [0.5, 0.6) is 0 Å². The molecule has 1 spiro atoms. The molecular weight excluding hydrogens is 142 g/mol. The van der Waals surface area contributed by atoms with Crippen molar-refractivity contribution in [2.45, 2.75) is 31.1 Å². The van der Waals surface area contributed by atoms with Gasteiger partial charge in [0, 0.05) is 12.3 Å². The van der Waals surface area contributed by atoms with Crippen molar-refractivity contribution in [3.63, 3.8) is 0 Å². The lowest BCUT2D eigenvalue weighted by molar-refractivity contribution is 0.411. The van der Waals surface area contributed by atoms with E-state index in [-0.39, 0.29) is 0 Å². The molecule has 0 aromatic carbocycles. The molecule has 1 saturated heterocycles. The van der Waals surface area contributed by atoms with Crippen molar-refractivity contribution < 1.29 is 0 Å². The lowest BCUT2D eigenvalue weighted by Gasteiger charge is -2.27. The van der Waals surface area contributed by atoms with Gasteiger partial charge in [0.1, 0.15) is 0 Å². The average Bonchev–Trinajstić information content (AvgIpc) is 2.48. The Balaban J connectivity index is 2.11. The Bertz CT molecular complexity index is 124. The quantitative estimate of drug-likeness (QED) is 0.576. The van der Waals surface area contributed by atoms with Crippen LogP contribution in [-0.4, -0.2) is 17.2 Å². The highest BCUT2D eigenvalue weighted by Gasteiger charge is 2.42. The molecule has 0 amide bonds. The molecule has 2 heteroatoms. The second-order valence-corrected chi connectivity index (χ2v) is 4.88. The van der Waals surface area contributed by atoms with E-state index < -0.39 is 0 Å². The van der Waals surface area contributed by atoms with Crippen molar-refractivity contribution in [3.05, 3.63) is 0 Å². The molecule has 0 aromatic rings. The predicted molar refractivity (Wildman–Crippen MR) is 46.2 cm³/mol. The summed E-state index contributed by atoms with van der Waals surface area (Å²) in [5.74, 6) is 2.23. The zero-order valence-corrected chi connectivity index (χ0v) is 7.34. The Hall–Kier alpha value is 0.310. The zero-order valence-electron chi connectivity index (χ0n) is 6.52. The maximum atomic E-state index is 3.64. The van der Waals surface area contributed by atoms with Gasteiger partial charge >= 0.3 is 0 Å². The number of hydrogen-bond acceptors (Lipinski definition) is 2. The Morgan fingerprint density at radius 2 is 2.50 bits per heavy atom. The number of nitrogens with one attached hydrogen (secondary N) is 1. The molecular formula is C8H15NS. The molecule has 1 nitrogen and oxygen atoms in total. The predicted octanol–water partition coefficient (Wildman–Crippen LogP) is 1.84. The van der Waals surface area contributed by atoms with Crippen molar-refractivity contribution in [1.29, 1.82) is 0 Å². The minimum atomic E-state index is 0.514. The van der Waals surface area contributed by atoms with Crippen molar-refractivity contribution >= 4 is 11.8 Å². The van der Waals surface area contributed by atoms with E-state index in [1.54, 1.807) is 0 Å². The number of thioether (sulfide) groups is 1.